The van der Waals surface area contributed by atoms with Crippen LogP contribution in [-0.2, 0) is 12.8 Å². The number of methoxy groups -OCH3 is 3. The van der Waals surface area contributed by atoms with Gasteiger partial charge in [-0.2, -0.15) is 0 Å². The van der Waals surface area contributed by atoms with Crippen molar-refractivity contribution >= 4 is 0 Å². The molecule has 118 valence electrons. The van der Waals surface area contributed by atoms with E-state index in [2.05, 4.69) is 36.4 Å². The standard InChI is InChI=1S/C19H24O3/c1-20-17-14-13-16(18(21-2)19(17)22-3)12-8-7-11-15-9-5-4-6-10-15/h4-6,9-10,13-14H,7-8,11-12H2,1-3H3. The fourth-order valence-electron chi connectivity index (χ4n) is 2.65. The Hall–Kier alpha value is -2.16. The van der Waals surface area contributed by atoms with Crippen LogP contribution in [0.1, 0.15) is 24.0 Å². The predicted molar refractivity (Wildman–Crippen MR) is 89.2 cm³/mol. The summed E-state index contributed by atoms with van der Waals surface area (Å²) in [6, 6.07) is 14.6. The minimum Gasteiger partial charge on any atom is -0.493 e. The number of hydrogen-bond donors (Lipinski definition) is 0. The van der Waals surface area contributed by atoms with E-state index < -0.39 is 0 Å². The SMILES string of the molecule is COc1ccc(CCCCc2ccccc2)c(OC)c1OC. The first kappa shape index (κ1) is 16.2. The first-order chi connectivity index (χ1) is 10.8. The molecule has 0 bridgehead atoms. The molecule has 2 aromatic carbocycles. The minimum atomic E-state index is 0.672. The van der Waals surface area contributed by atoms with Gasteiger partial charge in [-0.25, -0.2) is 0 Å². The Balaban J connectivity index is 1.97. The second kappa shape index (κ2) is 8.32. The van der Waals surface area contributed by atoms with E-state index in [1.165, 1.54) is 5.56 Å². The fraction of sp³-hybridized carbons (Fsp3) is 0.368. The Labute approximate surface area is 132 Å². The normalized spacial score (nSPS) is 10.3. The van der Waals surface area contributed by atoms with E-state index >= 15 is 0 Å². The number of aryl methyl sites for hydroxylation is 2. The molecule has 2 aromatic rings. The monoisotopic (exact) mass is 300 g/mol. The van der Waals surface area contributed by atoms with E-state index in [0.717, 1.165) is 37.0 Å². The van der Waals surface area contributed by atoms with Crippen molar-refractivity contribution in [1.82, 2.24) is 0 Å². The van der Waals surface area contributed by atoms with Crippen LogP contribution in [0.5, 0.6) is 17.2 Å². The van der Waals surface area contributed by atoms with Crippen molar-refractivity contribution in [2.24, 2.45) is 0 Å². The largest absolute Gasteiger partial charge is 0.493 e. The zero-order chi connectivity index (χ0) is 15.8. The van der Waals surface area contributed by atoms with Gasteiger partial charge < -0.3 is 14.2 Å². The van der Waals surface area contributed by atoms with Crippen molar-refractivity contribution in [3.8, 4) is 17.2 Å². The van der Waals surface area contributed by atoms with Gasteiger partial charge in [0.15, 0.2) is 11.5 Å². The molecule has 0 atom stereocenters. The van der Waals surface area contributed by atoms with Crippen LogP contribution in [0.4, 0.5) is 0 Å². The average Bonchev–Trinajstić information content (AvgIpc) is 2.58. The van der Waals surface area contributed by atoms with Gasteiger partial charge in [0, 0.05) is 0 Å². The van der Waals surface area contributed by atoms with Crippen LogP contribution in [0.3, 0.4) is 0 Å². The second-order valence-electron chi connectivity index (χ2n) is 5.19. The van der Waals surface area contributed by atoms with E-state index in [-0.39, 0.29) is 0 Å². The molecule has 0 saturated carbocycles. The maximum atomic E-state index is 5.52. The molecule has 0 aliphatic carbocycles. The molecule has 3 heteroatoms. The van der Waals surface area contributed by atoms with Crippen LogP contribution in [0, 0.1) is 0 Å². The van der Waals surface area contributed by atoms with Crippen molar-refractivity contribution < 1.29 is 14.2 Å². The molecule has 0 aliphatic rings. The summed E-state index contributed by atoms with van der Waals surface area (Å²) < 4.78 is 16.3. The van der Waals surface area contributed by atoms with Crippen molar-refractivity contribution in [3.05, 3.63) is 53.6 Å². The van der Waals surface area contributed by atoms with Gasteiger partial charge in [0.05, 0.1) is 21.3 Å². The molecule has 0 aromatic heterocycles. The van der Waals surface area contributed by atoms with Crippen LogP contribution < -0.4 is 14.2 Å². The summed E-state index contributed by atoms with van der Waals surface area (Å²) in [5.41, 5.74) is 2.55. The topological polar surface area (TPSA) is 27.7 Å². The number of ether oxygens (including phenoxy) is 3. The predicted octanol–water partition coefficient (Wildman–Crippen LogP) is 4.28. The first-order valence-corrected chi connectivity index (χ1v) is 7.62. The Morgan fingerprint density at radius 3 is 2.00 bits per heavy atom. The van der Waals surface area contributed by atoms with Crippen LogP contribution in [0.15, 0.2) is 42.5 Å². The summed E-state index contributed by atoms with van der Waals surface area (Å²) >= 11 is 0. The highest BCUT2D eigenvalue weighted by Gasteiger charge is 2.15. The molecule has 2 rings (SSSR count). The van der Waals surface area contributed by atoms with Gasteiger partial charge in [-0.15, -0.1) is 0 Å². The quantitative estimate of drug-likeness (QED) is 0.681. The van der Waals surface area contributed by atoms with E-state index in [9.17, 15) is 0 Å². The molecular weight excluding hydrogens is 276 g/mol. The highest BCUT2D eigenvalue weighted by Crippen LogP contribution is 2.40. The van der Waals surface area contributed by atoms with Crippen molar-refractivity contribution in [2.45, 2.75) is 25.7 Å². The van der Waals surface area contributed by atoms with Gasteiger partial charge >= 0.3 is 0 Å². The van der Waals surface area contributed by atoms with E-state index in [0.29, 0.717) is 11.5 Å². The summed E-state index contributed by atoms with van der Waals surface area (Å²) in [6.45, 7) is 0. The lowest BCUT2D eigenvalue weighted by Crippen LogP contribution is -1.99. The maximum absolute atomic E-state index is 5.52. The molecule has 0 fully saturated rings. The lowest BCUT2D eigenvalue weighted by atomic mass is 10.0. The third-order valence-corrected chi connectivity index (χ3v) is 3.79. The lowest BCUT2D eigenvalue weighted by Gasteiger charge is -2.15. The first-order valence-electron chi connectivity index (χ1n) is 7.62. The van der Waals surface area contributed by atoms with Gasteiger partial charge in [-0.1, -0.05) is 36.4 Å². The highest BCUT2D eigenvalue weighted by molar-refractivity contribution is 5.55. The molecule has 3 nitrogen and oxygen atoms in total. The van der Waals surface area contributed by atoms with Gasteiger partial charge in [0.2, 0.25) is 5.75 Å². The summed E-state index contributed by atoms with van der Waals surface area (Å²) in [6.07, 6.45) is 4.34. The number of rotatable bonds is 8. The van der Waals surface area contributed by atoms with Gasteiger partial charge in [-0.3, -0.25) is 0 Å². The smallest absolute Gasteiger partial charge is 0.203 e. The molecule has 0 spiro atoms. The average molecular weight is 300 g/mol. The Kier molecular flexibility index (Phi) is 6.13. The zero-order valence-corrected chi connectivity index (χ0v) is 13.6. The van der Waals surface area contributed by atoms with Crippen molar-refractivity contribution in [1.29, 1.82) is 0 Å². The molecule has 0 aliphatic heterocycles. The molecule has 0 radical (unpaired) electrons. The second-order valence-corrected chi connectivity index (χ2v) is 5.19. The molecule has 0 amide bonds. The Bertz CT molecular complexity index is 579. The van der Waals surface area contributed by atoms with E-state index in [1.807, 2.05) is 6.07 Å². The van der Waals surface area contributed by atoms with Crippen molar-refractivity contribution in [3.63, 3.8) is 0 Å². The molecule has 0 unspecified atom stereocenters. The van der Waals surface area contributed by atoms with Gasteiger partial charge in [0.25, 0.3) is 0 Å². The summed E-state index contributed by atoms with van der Waals surface area (Å²) in [4.78, 5) is 0. The molecule has 0 heterocycles. The molecule has 0 saturated heterocycles. The molecule has 22 heavy (non-hydrogen) atoms. The minimum absolute atomic E-state index is 0.672. The van der Waals surface area contributed by atoms with Gasteiger partial charge in [-0.05, 0) is 42.9 Å². The number of unbranched alkanes of at least 4 members (excludes halogenated alkanes) is 1. The Morgan fingerprint density at radius 2 is 1.36 bits per heavy atom. The zero-order valence-electron chi connectivity index (χ0n) is 13.6. The third kappa shape index (κ3) is 3.94. The van der Waals surface area contributed by atoms with Crippen molar-refractivity contribution in [2.75, 3.05) is 21.3 Å². The third-order valence-electron chi connectivity index (χ3n) is 3.79. The van der Waals surface area contributed by atoms with E-state index in [1.54, 1.807) is 21.3 Å². The highest BCUT2D eigenvalue weighted by atomic mass is 16.5. The Morgan fingerprint density at radius 1 is 0.682 bits per heavy atom. The van der Waals surface area contributed by atoms with Crippen LogP contribution in [-0.4, -0.2) is 21.3 Å². The van der Waals surface area contributed by atoms with Gasteiger partial charge in [0.1, 0.15) is 0 Å². The lowest BCUT2D eigenvalue weighted by molar-refractivity contribution is 0.322. The molecular formula is C19H24O3. The summed E-state index contributed by atoms with van der Waals surface area (Å²) in [5.74, 6) is 2.15. The van der Waals surface area contributed by atoms with Crippen LogP contribution >= 0.6 is 0 Å². The summed E-state index contributed by atoms with van der Waals surface area (Å²) in [7, 11) is 4.95. The number of hydrogen-bond acceptors (Lipinski definition) is 3. The van der Waals surface area contributed by atoms with E-state index in [4.69, 9.17) is 14.2 Å². The fourth-order valence-corrected chi connectivity index (χ4v) is 2.65. The summed E-state index contributed by atoms with van der Waals surface area (Å²) in [5, 5.41) is 0. The van der Waals surface area contributed by atoms with Crippen LogP contribution in [0.2, 0.25) is 0 Å². The van der Waals surface area contributed by atoms with Crippen LogP contribution in [0.25, 0.3) is 0 Å². The molecule has 0 N–H and O–H groups in total. The number of benzene rings is 2. The maximum Gasteiger partial charge on any atom is 0.203 e.